The highest BCUT2D eigenvalue weighted by Gasteiger charge is 2.57. The second-order valence-corrected chi connectivity index (χ2v) is 10.0. The lowest BCUT2D eigenvalue weighted by Gasteiger charge is -2.56. The van der Waals surface area contributed by atoms with Crippen molar-refractivity contribution in [1.29, 1.82) is 0 Å². The Hall–Kier alpha value is -2.12. The van der Waals surface area contributed by atoms with Crippen LogP contribution < -0.4 is 5.32 Å². The number of hydrogen-bond acceptors (Lipinski definition) is 5. The molecule has 166 valence electrons. The summed E-state index contributed by atoms with van der Waals surface area (Å²) in [6.07, 6.45) is 8.07. The number of likely N-dealkylation sites (N-methyl/N-ethyl adjacent to an activating group) is 1. The number of rotatable bonds is 6. The number of hydrogen-bond donors (Lipinski definition) is 1. The van der Waals surface area contributed by atoms with Gasteiger partial charge in [0.05, 0.1) is 12.0 Å². The molecule has 1 saturated heterocycles. The van der Waals surface area contributed by atoms with E-state index in [1.54, 1.807) is 19.0 Å². The molecular formula is C22H33N3O5. The summed E-state index contributed by atoms with van der Waals surface area (Å²) in [4.78, 5) is 52.8. The molecule has 4 saturated carbocycles. The van der Waals surface area contributed by atoms with Crippen LogP contribution >= 0.6 is 0 Å². The van der Waals surface area contributed by atoms with Gasteiger partial charge in [-0.15, -0.1) is 0 Å². The van der Waals surface area contributed by atoms with Crippen molar-refractivity contribution in [2.75, 3.05) is 33.8 Å². The fourth-order valence-electron chi connectivity index (χ4n) is 6.55. The predicted octanol–water partition coefficient (Wildman–Crippen LogP) is 0.941. The van der Waals surface area contributed by atoms with E-state index in [-0.39, 0.29) is 23.8 Å². The van der Waals surface area contributed by atoms with Gasteiger partial charge in [0.25, 0.3) is 5.91 Å². The van der Waals surface area contributed by atoms with Crippen molar-refractivity contribution >= 4 is 23.7 Å². The number of carbonyl (C=O) groups excluding carboxylic acids is 4. The molecule has 5 rings (SSSR count). The van der Waals surface area contributed by atoms with Gasteiger partial charge in [0.1, 0.15) is 6.04 Å². The summed E-state index contributed by atoms with van der Waals surface area (Å²) in [7, 11) is 3.20. The van der Waals surface area contributed by atoms with Crippen molar-refractivity contribution in [2.45, 2.75) is 57.4 Å². The van der Waals surface area contributed by atoms with E-state index < -0.39 is 24.5 Å². The van der Waals surface area contributed by atoms with Gasteiger partial charge >= 0.3 is 5.97 Å². The standard InChI is InChI=1S/C22H33N3O5/c1-24(2)19(27)12-23-18(26)13-30-20(28)17-4-3-5-25(17)21(29)22-9-14-6-15(10-22)8-16(7-14)11-22/h14-17H,3-13H2,1-2H3,(H,23,26)/t14?,15?,16?,17-,22?/m1/s1. The Morgan fingerprint density at radius 1 is 1.03 bits per heavy atom. The molecule has 0 aromatic carbocycles. The molecule has 5 aliphatic rings. The Bertz CT molecular complexity index is 699. The lowest BCUT2D eigenvalue weighted by molar-refractivity contribution is -0.166. The van der Waals surface area contributed by atoms with Crippen LogP contribution in [0.25, 0.3) is 0 Å². The lowest BCUT2D eigenvalue weighted by Crippen LogP contribution is -2.56. The van der Waals surface area contributed by atoms with E-state index >= 15 is 0 Å². The van der Waals surface area contributed by atoms with E-state index in [1.807, 2.05) is 0 Å². The van der Waals surface area contributed by atoms with Crippen molar-refractivity contribution < 1.29 is 23.9 Å². The number of carbonyl (C=O) groups is 4. The van der Waals surface area contributed by atoms with Crippen molar-refractivity contribution in [3.8, 4) is 0 Å². The zero-order chi connectivity index (χ0) is 21.5. The van der Waals surface area contributed by atoms with Crippen LogP contribution in [0, 0.1) is 23.2 Å². The van der Waals surface area contributed by atoms with Crippen LogP contribution in [0.4, 0.5) is 0 Å². The first-order valence-corrected chi connectivity index (χ1v) is 11.2. The van der Waals surface area contributed by atoms with Gasteiger partial charge in [-0.05, 0) is 69.1 Å². The van der Waals surface area contributed by atoms with Gasteiger partial charge in [0, 0.05) is 20.6 Å². The molecule has 4 bridgehead atoms. The number of ether oxygens (including phenoxy) is 1. The van der Waals surface area contributed by atoms with Crippen LogP contribution in [0.2, 0.25) is 0 Å². The monoisotopic (exact) mass is 419 g/mol. The van der Waals surface area contributed by atoms with Crippen LogP contribution in [0.1, 0.15) is 51.4 Å². The molecule has 0 unspecified atom stereocenters. The fourth-order valence-corrected chi connectivity index (χ4v) is 6.55. The van der Waals surface area contributed by atoms with Gasteiger partial charge in [-0.1, -0.05) is 0 Å². The normalized spacial score (nSPS) is 34.0. The molecule has 8 nitrogen and oxygen atoms in total. The Kier molecular flexibility index (Phi) is 5.77. The van der Waals surface area contributed by atoms with E-state index in [2.05, 4.69) is 5.32 Å². The van der Waals surface area contributed by atoms with Gasteiger partial charge < -0.3 is 19.9 Å². The van der Waals surface area contributed by atoms with Gasteiger partial charge in [-0.3, -0.25) is 14.4 Å². The zero-order valence-corrected chi connectivity index (χ0v) is 18.0. The molecule has 0 radical (unpaired) electrons. The molecule has 4 aliphatic carbocycles. The minimum Gasteiger partial charge on any atom is -0.454 e. The van der Waals surface area contributed by atoms with Gasteiger partial charge in [0.2, 0.25) is 11.8 Å². The smallest absolute Gasteiger partial charge is 0.329 e. The maximum Gasteiger partial charge on any atom is 0.329 e. The Balaban J connectivity index is 1.32. The van der Waals surface area contributed by atoms with Crippen LogP contribution in [-0.4, -0.2) is 73.3 Å². The molecule has 3 amide bonds. The van der Waals surface area contributed by atoms with Crippen LogP contribution in [-0.2, 0) is 23.9 Å². The SMILES string of the molecule is CN(C)C(=O)CNC(=O)COC(=O)[C@H]1CCCN1C(=O)C12CC3CC(CC(C3)C1)C2. The van der Waals surface area contributed by atoms with Gasteiger partial charge in [0.15, 0.2) is 6.61 Å². The summed E-state index contributed by atoms with van der Waals surface area (Å²) >= 11 is 0. The second kappa shape index (κ2) is 8.19. The highest BCUT2D eigenvalue weighted by molar-refractivity contribution is 5.90. The van der Waals surface area contributed by atoms with E-state index in [1.165, 1.54) is 24.2 Å². The number of likely N-dealkylation sites (tertiary alicyclic amines) is 1. The summed E-state index contributed by atoms with van der Waals surface area (Å²) < 4.78 is 5.21. The van der Waals surface area contributed by atoms with Crippen molar-refractivity contribution in [2.24, 2.45) is 23.2 Å². The molecule has 0 spiro atoms. The van der Waals surface area contributed by atoms with Gasteiger partial charge in [-0.25, -0.2) is 4.79 Å². The highest BCUT2D eigenvalue weighted by Crippen LogP contribution is 2.60. The quantitative estimate of drug-likeness (QED) is 0.647. The fraction of sp³-hybridized carbons (Fsp3) is 0.818. The van der Waals surface area contributed by atoms with E-state index in [0.29, 0.717) is 30.7 Å². The third kappa shape index (κ3) is 4.05. The predicted molar refractivity (Wildman–Crippen MR) is 108 cm³/mol. The van der Waals surface area contributed by atoms with E-state index in [0.717, 1.165) is 25.7 Å². The number of nitrogens with zero attached hydrogens (tertiary/aromatic N) is 2. The largest absolute Gasteiger partial charge is 0.454 e. The third-order valence-electron chi connectivity index (χ3n) is 7.56. The van der Waals surface area contributed by atoms with Crippen LogP contribution in [0.3, 0.4) is 0 Å². The number of esters is 1. The lowest BCUT2D eigenvalue weighted by atomic mass is 9.49. The minimum absolute atomic E-state index is 0.135. The molecule has 5 fully saturated rings. The second-order valence-electron chi connectivity index (χ2n) is 10.0. The van der Waals surface area contributed by atoms with Crippen molar-refractivity contribution in [1.82, 2.24) is 15.1 Å². The number of amides is 3. The van der Waals surface area contributed by atoms with E-state index in [9.17, 15) is 19.2 Å². The summed E-state index contributed by atoms with van der Waals surface area (Å²) in [5, 5.41) is 2.44. The maximum absolute atomic E-state index is 13.6. The van der Waals surface area contributed by atoms with Crippen molar-refractivity contribution in [3.63, 3.8) is 0 Å². The topological polar surface area (TPSA) is 96.0 Å². The summed E-state index contributed by atoms with van der Waals surface area (Å²) in [5.41, 5.74) is -0.276. The molecule has 1 N–H and O–H groups in total. The van der Waals surface area contributed by atoms with Crippen LogP contribution in [0.5, 0.6) is 0 Å². The Morgan fingerprint density at radius 3 is 2.20 bits per heavy atom. The highest BCUT2D eigenvalue weighted by atomic mass is 16.5. The van der Waals surface area contributed by atoms with Crippen molar-refractivity contribution in [3.05, 3.63) is 0 Å². The Labute approximate surface area is 177 Å². The van der Waals surface area contributed by atoms with Gasteiger partial charge in [-0.2, -0.15) is 0 Å². The maximum atomic E-state index is 13.6. The number of nitrogens with one attached hydrogen (secondary N) is 1. The zero-order valence-electron chi connectivity index (χ0n) is 18.0. The first-order valence-electron chi connectivity index (χ1n) is 11.2. The Morgan fingerprint density at radius 2 is 1.63 bits per heavy atom. The molecular weight excluding hydrogens is 386 g/mol. The third-order valence-corrected chi connectivity index (χ3v) is 7.56. The molecule has 0 aromatic heterocycles. The summed E-state index contributed by atoms with van der Waals surface area (Å²) in [5.74, 6) is 0.875. The van der Waals surface area contributed by atoms with Crippen LogP contribution in [0.15, 0.2) is 0 Å². The average Bonchev–Trinajstić information content (AvgIpc) is 3.18. The summed E-state index contributed by atoms with van der Waals surface area (Å²) in [6, 6.07) is -0.596. The molecule has 1 atom stereocenters. The molecule has 1 aliphatic heterocycles. The van der Waals surface area contributed by atoms with E-state index in [4.69, 9.17) is 4.74 Å². The minimum atomic E-state index is -0.596. The summed E-state index contributed by atoms with van der Waals surface area (Å²) in [6.45, 7) is 0.0166. The first kappa shape index (κ1) is 21.1. The molecule has 1 heterocycles. The average molecular weight is 420 g/mol. The molecule has 30 heavy (non-hydrogen) atoms. The first-order chi connectivity index (χ1) is 14.3. The molecule has 0 aromatic rings. The molecule has 8 heteroatoms.